The standard InChI is InChI=1S/C17H14N2O2/c1-3-13(17-16(5-1)20-11-21-17)10-19-14-6-7-15-12(9-14)4-2-8-18-15/h1-9,19H,10-11H2. The first-order valence-corrected chi connectivity index (χ1v) is 6.86. The van der Waals surface area contributed by atoms with Gasteiger partial charge in [0.05, 0.1) is 5.52 Å². The smallest absolute Gasteiger partial charge is 0.231 e. The lowest BCUT2D eigenvalue weighted by Crippen LogP contribution is -2.01. The van der Waals surface area contributed by atoms with Crippen LogP contribution in [0, 0.1) is 0 Å². The second-order valence-electron chi connectivity index (χ2n) is 4.92. The minimum absolute atomic E-state index is 0.300. The van der Waals surface area contributed by atoms with Gasteiger partial charge in [-0.15, -0.1) is 0 Å². The van der Waals surface area contributed by atoms with Crippen molar-refractivity contribution in [1.29, 1.82) is 0 Å². The van der Waals surface area contributed by atoms with E-state index in [0.717, 1.165) is 33.7 Å². The molecule has 0 saturated heterocycles. The second-order valence-corrected chi connectivity index (χ2v) is 4.92. The summed E-state index contributed by atoms with van der Waals surface area (Å²) in [4.78, 5) is 4.32. The van der Waals surface area contributed by atoms with E-state index in [-0.39, 0.29) is 0 Å². The second kappa shape index (κ2) is 4.98. The van der Waals surface area contributed by atoms with Crippen LogP contribution in [0.2, 0.25) is 0 Å². The third-order valence-electron chi connectivity index (χ3n) is 3.56. The van der Waals surface area contributed by atoms with Gasteiger partial charge < -0.3 is 14.8 Å². The first kappa shape index (κ1) is 12.0. The predicted molar refractivity (Wildman–Crippen MR) is 81.6 cm³/mol. The molecule has 3 aromatic rings. The summed E-state index contributed by atoms with van der Waals surface area (Å²) in [5.74, 6) is 1.66. The molecule has 0 radical (unpaired) electrons. The highest BCUT2D eigenvalue weighted by Gasteiger charge is 2.16. The fourth-order valence-corrected chi connectivity index (χ4v) is 2.51. The molecule has 0 bridgehead atoms. The topological polar surface area (TPSA) is 43.4 Å². The summed E-state index contributed by atoms with van der Waals surface area (Å²) < 4.78 is 10.9. The number of para-hydroxylation sites is 1. The Balaban J connectivity index is 1.57. The Morgan fingerprint density at radius 2 is 2.05 bits per heavy atom. The molecule has 1 aliphatic heterocycles. The number of anilines is 1. The van der Waals surface area contributed by atoms with Gasteiger partial charge in [-0.25, -0.2) is 0 Å². The summed E-state index contributed by atoms with van der Waals surface area (Å²) in [5, 5.41) is 4.54. The zero-order valence-electron chi connectivity index (χ0n) is 11.4. The van der Waals surface area contributed by atoms with Crippen molar-refractivity contribution in [2.45, 2.75) is 6.54 Å². The molecule has 2 aromatic carbocycles. The van der Waals surface area contributed by atoms with Gasteiger partial charge in [0, 0.05) is 29.4 Å². The Kier molecular flexibility index (Phi) is 2.85. The molecule has 0 spiro atoms. The SMILES string of the molecule is c1cc(CNc2ccc3ncccc3c2)c2c(c1)OCO2. The number of nitrogens with one attached hydrogen (secondary N) is 1. The van der Waals surface area contributed by atoms with E-state index in [1.54, 1.807) is 6.20 Å². The minimum Gasteiger partial charge on any atom is -0.454 e. The minimum atomic E-state index is 0.300. The molecule has 0 unspecified atom stereocenters. The van der Waals surface area contributed by atoms with Gasteiger partial charge in [0.2, 0.25) is 6.79 Å². The van der Waals surface area contributed by atoms with Crippen molar-refractivity contribution in [2.24, 2.45) is 0 Å². The number of fused-ring (bicyclic) bond motifs is 2. The zero-order chi connectivity index (χ0) is 14.1. The van der Waals surface area contributed by atoms with E-state index in [9.17, 15) is 0 Å². The Hall–Kier alpha value is -2.75. The number of pyridine rings is 1. The van der Waals surface area contributed by atoms with Crippen molar-refractivity contribution in [2.75, 3.05) is 12.1 Å². The molecular weight excluding hydrogens is 264 g/mol. The molecule has 104 valence electrons. The van der Waals surface area contributed by atoms with Crippen LogP contribution < -0.4 is 14.8 Å². The lowest BCUT2D eigenvalue weighted by Gasteiger charge is -2.09. The molecule has 0 amide bonds. The third-order valence-corrected chi connectivity index (χ3v) is 3.56. The Morgan fingerprint density at radius 3 is 3.05 bits per heavy atom. The summed E-state index contributed by atoms with van der Waals surface area (Å²) in [6.45, 7) is 0.992. The van der Waals surface area contributed by atoms with Crippen LogP contribution in [0.15, 0.2) is 54.7 Å². The number of aromatic nitrogens is 1. The predicted octanol–water partition coefficient (Wildman–Crippen LogP) is 3.58. The van der Waals surface area contributed by atoms with E-state index >= 15 is 0 Å². The third kappa shape index (κ3) is 2.25. The summed E-state index contributed by atoms with van der Waals surface area (Å²) in [5.41, 5.74) is 3.16. The van der Waals surface area contributed by atoms with E-state index in [4.69, 9.17) is 9.47 Å². The van der Waals surface area contributed by atoms with Crippen molar-refractivity contribution in [3.63, 3.8) is 0 Å². The maximum absolute atomic E-state index is 5.52. The molecule has 1 N–H and O–H groups in total. The summed E-state index contributed by atoms with van der Waals surface area (Å²) >= 11 is 0. The van der Waals surface area contributed by atoms with E-state index in [1.807, 2.05) is 36.4 Å². The Labute approximate surface area is 122 Å². The van der Waals surface area contributed by atoms with Gasteiger partial charge in [0.15, 0.2) is 11.5 Å². The molecule has 0 aliphatic carbocycles. The van der Waals surface area contributed by atoms with Crippen molar-refractivity contribution < 1.29 is 9.47 Å². The number of ether oxygens (including phenoxy) is 2. The summed E-state index contributed by atoms with van der Waals surface area (Å²) in [7, 11) is 0. The first-order chi connectivity index (χ1) is 10.4. The molecule has 4 nitrogen and oxygen atoms in total. The number of rotatable bonds is 3. The molecule has 1 aliphatic rings. The van der Waals surface area contributed by atoms with Gasteiger partial charge in [0.25, 0.3) is 0 Å². The maximum Gasteiger partial charge on any atom is 0.231 e. The highest BCUT2D eigenvalue weighted by molar-refractivity contribution is 5.82. The van der Waals surface area contributed by atoms with Crippen LogP contribution in [-0.2, 0) is 6.54 Å². The van der Waals surface area contributed by atoms with E-state index in [0.29, 0.717) is 13.3 Å². The molecule has 4 rings (SSSR count). The number of nitrogens with zero attached hydrogens (tertiary/aromatic N) is 1. The van der Waals surface area contributed by atoms with Gasteiger partial charge in [-0.05, 0) is 30.3 Å². The van der Waals surface area contributed by atoms with Crippen LogP contribution in [0.3, 0.4) is 0 Å². The Morgan fingerprint density at radius 1 is 1.05 bits per heavy atom. The van der Waals surface area contributed by atoms with Crippen molar-refractivity contribution >= 4 is 16.6 Å². The molecule has 4 heteroatoms. The highest BCUT2D eigenvalue weighted by Crippen LogP contribution is 2.35. The molecule has 21 heavy (non-hydrogen) atoms. The summed E-state index contributed by atoms with van der Waals surface area (Å²) in [6, 6.07) is 16.1. The molecular formula is C17H14N2O2. The maximum atomic E-state index is 5.52. The molecule has 1 aromatic heterocycles. The van der Waals surface area contributed by atoms with E-state index in [2.05, 4.69) is 22.4 Å². The molecule has 0 saturated carbocycles. The largest absolute Gasteiger partial charge is 0.454 e. The lowest BCUT2D eigenvalue weighted by atomic mass is 10.1. The van der Waals surface area contributed by atoms with Crippen molar-refractivity contribution in [3.8, 4) is 11.5 Å². The molecule has 0 atom stereocenters. The van der Waals surface area contributed by atoms with Crippen molar-refractivity contribution in [1.82, 2.24) is 4.98 Å². The summed E-state index contributed by atoms with van der Waals surface area (Å²) in [6.07, 6.45) is 1.81. The van der Waals surface area contributed by atoms with Gasteiger partial charge in [-0.1, -0.05) is 18.2 Å². The van der Waals surface area contributed by atoms with E-state index in [1.165, 1.54) is 0 Å². The normalized spacial score (nSPS) is 12.6. The van der Waals surface area contributed by atoms with Gasteiger partial charge >= 0.3 is 0 Å². The highest BCUT2D eigenvalue weighted by atomic mass is 16.7. The quantitative estimate of drug-likeness (QED) is 0.795. The number of benzene rings is 2. The first-order valence-electron chi connectivity index (χ1n) is 6.86. The molecule has 2 heterocycles. The average Bonchev–Trinajstić information content (AvgIpc) is 3.02. The lowest BCUT2D eigenvalue weighted by molar-refractivity contribution is 0.173. The van der Waals surface area contributed by atoms with Crippen LogP contribution in [0.1, 0.15) is 5.56 Å². The monoisotopic (exact) mass is 278 g/mol. The average molecular weight is 278 g/mol. The fourth-order valence-electron chi connectivity index (χ4n) is 2.51. The zero-order valence-corrected chi connectivity index (χ0v) is 11.4. The van der Waals surface area contributed by atoms with Gasteiger partial charge in [-0.3, -0.25) is 4.98 Å². The van der Waals surface area contributed by atoms with Crippen LogP contribution >= 0.6 is 0 Å². The van der Waals surface area contributed by atoms with Crippen molar-refractivity contribution in [3.05, 3.63) is 60.3 Å². The van der Waals surface area contributed by atoms with Gasteiger partial charge in [0.1, 0.15) is 0 Å². The number of hydrogen-bond acceptors (Lipinski definition) is 4. The van der Waals surface area contributed by atoms with Crippen LogP contribution in [0.4, 0.5) is 5.69 Å². The van der Waals surface area contributed by atoms with Crippen LogP contribution in [-0.4, -0.2) is 11.8 Å². The number of hydrogen-bond donors (Lipinski definition) is 1. The Bertz CT molecular complexity index is 802. The van der Waals surface area contributed by atoms with Crippen LogP contribution in [0.25, 0.3) is 10.9 Å². The van der Waals surface area contributed by atoms with Crippen LogP contribution in [0.5, 0.6) is 11.5 Å². The van der Waals surface area contributed by atoms with Gasteiger partial charge in [-0.2, -0.15) is 0 Å². The fraction of sp³-hybridized carbons (Fsp3) is 0.118. The molecule has 0 fully saturated rings. The van der Waals surface area contributed by atoms with E-state index < -0.39 is 0 Å².